The maximum atomic E-state index is 13.1. The van der Waals surface area contributed by atoms with Gasteiger partial charge in [-0.05, 0) is 51.2 Å². The summed E-state index contributed by atoms with van der Waals surface area (Å²) in [6, 6.07) is 8.19. The van der Waals surface area contributed by atoms with E-state index in [1.54, 1.807) is 0 Å². The minimum atomic E-state index is 0.0813. The molecule has 2 heterocycles. The third-order valence-corrected chi connectivity index (χ3v) is 4.55. The second kappa shape index (κ2) is 7.70. The molecule has 1 aliphatic rings. The highest BCUT2D eigenvalue weighted by Gasteiger charge is 2.18. The van der Waals surface area contributed by atoms with Crippen molar-refractivity contribution in [2.75, 3.05) is 27.2 Å². The van der Waals surface area contributed by atoms with Crippen LogP contribution in [0.4, 0.5) is 0 Å². The molecule has 0 saturated carbocycles. The normalized spacial score (nSPS) is 14.4. The summed E-state index contributed by atoms with van der Waals surface area (Å²) in [6.07, 6.45) is 10.9. The molecule has 0 saturated heterocycles. The Labute approximate surface area is 150 Å². The summed E-state index contributed by atoms with van der Waals surface area (Å²) in [5, 5.41) is 1.18. The molecule has 0 fully saturated rings. The molecule has 0 aliphatic carbocycles. The molecule has 0 N–H and O–H groups in total. The molecule has 25 heavy (non-hydrogen) atoms. The number of benzene rings is 1. The molecule has 0 bridgehead atoms. The zero-order valence-corrected chi connectivity index (χ0v) is 15.4. The lowest BCUT2D eigenvalue weighted by Crippen LogP contribution is -2.20. The first-order chi connectivity index (χ1) is 12.1. The molecule has 4 nitrogen and oxygen atoms in total. The number of likely N-dealkylation sites (N-methyl/N-ethyl adjacent to an activating group) is 1. The summed E-state index contributed by atoms with van der Waals surface area (Å²) in [6.45, 7) is 4.06. The first-order valence-corrected chi connectivity index (χ1v) is 9.01. The van der Waals surface area contributed by atoms with E-state index in [1.807, 2.05) is 35.2 Å². The third kappa shape index (κ3) is 3.85. The topological polar surface area (TPSA) is 28.5 Å². The van der Waals surface area contributed by atoms with Crippen LogP contribution in [0.5, 0.6) is 0 Å². The molecular weight excluding hydrogens is 310 g/mol. The van der Waals surface area contributed by atoms with Crippen molar-refractivity contribution in [3.05, 3.63) is 60.1 Å². The molecule has 132 valence electrons. The quantitative estimate of drug-likeness (QED) is 0.800. The van der Waals surface area contributed by atoms with E-state index in [1.165, 1.54) is 10.9 Å². The molecule has 0 radical (unpaired) electrons. The van der Waals surface area contributed by atoms with Gasteiger partial charge in [0.2, 0.25) is 0 Å². The molecule has 0 spiro atoms. The fraction of sp³-hybridized carbons (Fsp3) is 0.381. The van der Waals surface area contributed by atoms with Gasteiger partial charge in [0.1, 0.15) is 0 Å². The molecular formula is C21H27N3O. The van der Waals surface area contributed by atoms with Gasteiger partial charge in [-0.15, -0.1) is 0 Å². The van der Waals surface area contributed by atoms with Crippen molar-refractivity contribution in [1.82, 2.24) is 14.4 Å². The minimum absolute atomic E-state index is 0.0813. The second-order valence-corrected chi connectivity index (χ2v) is 6.88. The zero-order valence-electron chi connectivity index (χ0n) is 15.4. The maximum absolute atomic E-state index is 13.1. The summed E-state index contributed by atoms with van der Waals surface area (Å²) in [5.41, 5.74) is 3.07. The van der Waals surface area contributed by atoms with Gasteiger partial charge in [0, 0.05) is 36.4 Å². The maximum Gasteiger partial charge on any atom is 0.260 e. The molecule has 1 aromatic heterocycles. The van der Waals surface area contributed by atoms with Crippen molar-refractivity contribution in [2.24, 2.45) is 0 Å². The van der Waals surface area contributed by atoms with Gasteiger partial charge < -0.3 is 9.80 Å². The van der Waals surface area contributed by atoms with E-state index in [2.05, 4.69) is 49.2 Å². The van der Waals surface area contributed by atoms with E-state index in [4.69, 9.17) is 0 Å². The zero-order chi connectivity index (χ0) is 17.8. The second-order valence-electron chi connectivity index (χ2n) is 6.88. The van der Waals surface area contributed by atoms with E-state index >= 15 is 0 Å². The number of hydrogen-bond donors (Lipinski definition) is 0. The third-order valence-electron chi connectivity index (χ3n) is 4.55. The fourth-order valence-electron chi connectivity index (χ4n) is 3.27. The van der Waals surface area contributed by atoms with Gasteiger partial charge in [-0.1, -0.05) is 31.2 Å². The molecule has 0 amide bonds. The highest BCUT2D eigenvalue weighted by Crippen LogP contribution is 2.24. The van der Waals surface area contributed by atoms with Crippen molar-refractivity contribution in [3.8, 4) is 0 Å². The van der Waals surface area contributed by atoms with Crippen LogP contribution < -0.4 is 0 Å². The van der Waals surface area contributed by atoms with Crippen LogP contribution in [0.25, 0.3) is 10.9 Å². The number of carbonyl (C=O) groups excluding carboxylic acids is 1. The number of para-hydroxylation sites is 1. The number of nitrogens with zero attached hydrogens (tertiary/aromatic N) is 3. The Balaban J connectivity index is 1.94. The lowest BCUT2D eigenvalue weighted by molar-refractivity contribution is 0.0955. The highest BCUT2D eigenvalue weighted by atomic mass is 16.2. The Bertz CT molecular complexity index is 814. The molecule has 3 rings (SSSR count). The van der Waals surface area contributed by atoms with Gasteiger partial charge >= 0.3 is 0 Å². The largest absolute Gasteiger partial charge is 0.354 e. The molecule has 0 atom stereocenters. The average Bonchev–Trinajstić information content (AvgIpc) is 2.99. The number of hydrogen-bond acceptors (Lipinski definition) is 3. The van der Waals surface area contributed by atoms with Crippen LogP contribution in [0.1, 0.15) is 30.1 Å². The molecule has 1 aliphatic heterocycles. The van der Waals surface area contributed by atoms with Crippen LogP contribution in [-0.4, -0.2) is 47.5 Å². The van der Waals surface area contributed by atoms with Crippen LogP contribution >= 0.6 is 0 Å². The smallest absolute Gasteiger partial charge is 0.260 e. The predicted molar refractivity (Wildman–Crippen MR) is 104 cm³/mol. The number of aromatic nitrogens is 1. The van der Waals surface area contributed by atoms with Crippen molar-refractivity contribution < 1.29 is 4.79 Å². The van der Waals surface area contributed by atoms with Gasteiger partial charge in [0.25, 0.3) is 5.91 Å². The van der Waals surface area contributed by atoms with Gasteiger partial charge in [-0.3, -0.25) is 9.36 Å². The van der Waals surface area contributed by atoms with Crippen LogP contribution in [-0.2, 0) is 6.42 Å². The monoisotopic (exact) mass is 337 g/mol. The van der Waals surface area contributed by atoms with Crippen molar-refractivity contribution in [3.63, 3.8) is 0 Å². The number of carbonyl (C=O) groups is 1. The SMILES string of the molecule is CCCN1C=CCC(C(=O)n2cc(CCN(C)C)c3ccccc32)=C1. The fourth-order valence-corrected chi connectivity index (χ4v) is 3.27. The van der Waals surface area contributed by atoms with Gasteiger partial charge in [0.15, 0.2) is 0 Å². The first kappa shape index (κ1) is 17.5. The lowest BCUT2D eigenvalue weighted by Gasteiger charge is -2.20. The summed E-state index contributed by atoms with van der Waals surface area (Å²) in [5.74, 6) is 0.0813. The standard InChI is InChI=1S/C21H27N3O/c1-4-12-23-13-7-8-18(15-23)21(25)24-16-17(11-14-22(2)3)19-9-5-6-10-20(19)24/h5-7,9-10,13,15-16H,4,8,11-12,14H2,1-3H3. The summed E-state index contributed by atoms with van der Waals surface area (Å²) in [7, 11) is 4.15. The lowest BCUT2D eigenvalue weighted by atomic mass is 10.1. The molecule has 1 aromatic carbocycles. The van der Waals surface area contributed by atoms with E-state index in [9.17, 15) is 4.79 Å². The van der Waals surface area contributed by atoms with Crippen molar-refractivity contribution in [2.45, 2.75) is 26.2 Å². The predicted octanol–water partition coefficient (Wildman–Crippen LogP) is 3.90. The first-order valence-electron chi connectivity index (χ1n) is 9.01. The number of allylic oxidation sites excluding steroid dienone is 2. The summed E-state index contributed by atoms with van der Waals surface area (Å²) in [4.78, 5) is 17.4. The Hall–Kier alpha value is -2.33. The van der Waals surface area contributed by atoms with Crippen LogP contribution in [0.3, 0.4) is 0 Å². The van der Waals surface area contributed by atoms with Crippen LogP contribution in [0.2, 0.25) is 0 Å². The summed E-state index contributed by atoms with van der Waals surface area (Å²) < 4.78 is 1.83. The van der Waals surface area contributed by atoms with Crippen LogP contribution in [0, 0.1) is 0 Å². The van der Waals surface area contributed by atoms with E-state index in [0.29, 0.717) is 6.42 Å². The minimum Gasteiger partial charge on any atom is -0.354 e. The van der Waals surface area contributed by atoms with Crippen molar-refractivity contribution >= 4 is 16.8 Å². The van der Waals surface area contributed by atoms with E-state index in [-0.39, 0.29) is 5.91 Å². The van der Waals surface area contributed by atoms with Gasteiger partial charge in [-0.2, -0.15) is 0 Å². The Morgan fingerprint density at radius 3 is 2.80 bits per heavy atom. The van der Waals surface area contributed by atoms with E-state index < -0.39 is 0 Å². The van der Waals surface area contributed by atoms with Gasteiger partial charge in [0.05, 0.1) is 5.52 Å². The van der Waals surface area contributed by atoms with Crippen molar-refractivity contribution in [1.29, 1.82) is 0 Å². The molecule has 2 aromatic rings. The van der Waals surface area contributed by atoms with E-state index in [0.717, 1.165) is 37.0 Å². The molecule has 4 heteroatoms. The number of rotatable bonds is 6. The summed E-state index contributed by atoms with van der Waals surface area (Å²) >= 11 is 0. The highest BCUT2D eigenvalue weighted by molar-refractivity contribution is 6.02. The Morgan fingerprint density at radius 2 is 2.04 bits per heavy atom. The van der Waals surface area contributed by atoms with Gasteiger partial charge in [-0.25, -0.2) is 0 Å². The molecule has 0 unspecified atom stereocenters. The Kier molecular flexibility index (Phi) is 5.39. The van der Waals surface area contributed by atoms with Crippen LogP contribution in [0.15, 0.2) is 54.5 Å². The number of fused-ring (bicyclic) bond motifs is 1. The average molecular weight is 337 g/mol. The Morgan fingerprint density at radius 1 is 1.24 bits per heavy atom.